The Morgan fingerprint density at radius 1 is 1.23 bits per heavy atom. The lowest BCUT2D eigenvalue weighted by molar-refractivity contribution is -0.118. The van der Waals surface area contributed by atoms with Gasteiger partial charge in [0, 0.05) is 17.7 Å². The van der Waals surface area contributed by atoms with Gasteiger partial charge in [0.15, 0.2) is 11.5 Å². The molecule has 2 aromatic carbocycles. The molecule has 0 fully saturated rings. The molecule has 0 aliphatic carbocycles. The van der Waals surface area contributed by atoms with Crippen LogP contribution in [0.2, 0.25) is 0 Å². The summed E-state index contributed by atoms with van der Waals surface area (Å²) in [7, 11) is 1.62. The molecule has 0 N–H and O–H groups in total. The number of ether oxygens (including phenoxy) is 2. The minimum Gasteiger partial charge on any atom is -0.493 e. The Bertz CT molecular complexity index is 921. The minimum absolute atomic E-state index is 0.267. The summed E-state index contributed by atoms with van der Waals surface area (Å²) >= 11 is 3.19. The Morgan fingerprint density at radius 2 is 2.08 bits per heavy atom. The fourth-order valence-electron chi connectivity index (χ4n) is 2.62. The van der Waals surface area contributed by atoms with E-state index in [-0.39, 0.29) is 5.78 Å². The van der Waals surface area contributed by atoms with Gasteiger partial charge in [-0.25, -0.2) is 4.98 Å². The number of carbonyl (C=O) groups is 1. The van der Waals surface area contributed by atoms with Gasteiger partial charge in [0.1, 0.15) is 5.78 Å². The molecular weight excluding hydrogens is 366 g/mol. The van der Waals surface area contributed by atoms with Crippen molar-refractivity contribution in [3.63, 3.8) is 0 Å². The zero-order valence-corrected chi connectivity index (χ0v) is 16.7. The van der Waals surface area contributed by atoms with Crippen LogP contribution in [0.5, 0.6) is 16.7 Å². The fraction of sp³-hybridized carbons (Fsp3) is 0.300. The normalized spacial score (nSPS) is 10.9. The van der Waals surface area contributed by atoms with Gasteiger partial charge in [-0.05, 0) is 42.5 Å². The third-order valence-corrected chi connectivity index (χ3v) is 5.76. The molecule has 0 radical (unpaired) electrons. The predicted octanol–water partition coefficient (Wildman–Crippen LogP) is 5.73. The minimum atomic E-state index is 0.267. The Hall–Kier alpha value is -2.05. The number of aryl methyl sites for hydroxylation is 1. The van der Waals surface area contributed by atoms with E-state index in [0.29, 0.717) is 36.0 Å². The number of carbonyl (C=O) groups excluding carboxylic acids is 1. The van der Waals surface area contributed by atoms with Crippen molar-refractivity contribution in [2.45, 2.75) is 31.1 Å². The number of nitrogens with zero attached hydrogens (tertiary/aromatic N) is 1. The summed E-state index contributed by atoms with van der Waals surface area (Å²) in [5.74, 6) is 1.54. The van der Waals surface area contributed by atoms with Gasteiger partial charge < -0.3 is 9.47 Å². The Labute approximate surface area is 161 Å². The molecule has 26 heavy (non-hydrogen) atoms. The van der Waals surface area contributed by atoms with Crippen LogP contribution in [0.4, 0.5) is 0 Å². The van der Waals surface area contributed by atoms with E-state index in [2.05, 4.69) is 11.1 Å². The molecule has 6 heteroatoms. The number of hydrogen-bond acceptors (Lipinski definition) is 6. The van der Waals surface area contributed by atoms with E-state index in [0.717, 1.165) is 20.7 Å². The van der Waals surface area contributed by atoms with Crippen LogP contribution >= 0.6 is 23.1 Å². The second kappa shape index (κ2) is 8.56. The van der Waals surface area contributed by atoms with Gasteiger partial charge in [-0.15, -0.1) is 11.8 Å². The van der Waals surface area contributed by atoms with Crippen LogP contribution in [0.1, 0.15) is 25.3 Å². The number of thiazole rings is 1. The number of hydrogen-bond donors (Lipinski definition) is 0. The van der Waals surface area contributed by atoms with E-state index in [1.807, 2.05) is 43.5 Å². The lowest BCUT2D eigenvalue weighted by Gasteiger charge is -2.10. The lowest BCUT2D eigenvalue weighted by Crippen LogP contribution is -1.98. The summed E-state index contributed by atoms with van der Waals surface area (Å²) in [6.45, 7) is 1.89. The maximum absolute atomic E-state index is 11.5. The van der Waals surface area contributed by atoms with Crippen molar-refractivity contribution < 1.29 is 14.3 Å². The maximum atomic E-state index is 11.5. The van der Waals surface area contributed by atoms with E-state index < -0.39 is 0 Å². The van der Waals surface area contributed by atoms with Crippen LogP contribution in [0.25, 0.3) is 10.2 Å². The Kier molecular flexibility index (Phi) is 6.16. The molecule has 0 bridgehead atoms. The first-order valence-corrected chi connectivity index (χ1v) is 10.5. The topological polar surface area (TPSA) is 48.4 Å². The molecule has 0 amide bonds. The second-order valence-corrected chi connectivity index (χ2v) is 7.61. The Morgan fingerprint density at radius 3 is 2.81 bits per heavy atom. The number of benzene rings is 2. The van der Waals surface area contributed by atoms with Gasteiger partial charge in [-0.2, -0.15) is 0 Å². The zero-order chi connectivity index (χ0) is 18.5. The lowest BCUT2D eigenvalue weighted by atomic mass is 10.1. The first-order valence-electron chi connectivity index (χ1n) is 8.44. The molecule has 0 aliphatic rings. The molecule has 0 unspecified atom stereocenters. The van der Waals surface area contributed by atoms with Gasteiger partial charge in [-0.3, -0.25) is 4.79 Å². The second-order valence-electron chi connectivity index (χ2n) is 5.77. The summed E-state index contributed by atoms with van der Waals surface area (Å²) in [6, 6.07) is 11.9. The molecule has 1 aromatic heterocycles. The first kappa shape index (κ1) is 18.7. The van der Waals surface area contributed by atoms with Gasteiger partial charge in [0.25, 0.3) is 5.19 Å². The standard InChI is InChI=1S/C20H21NO3S2/c1-4-14(22)10-8-13-9-11-15(16(12-13)23-2)24-20-21-19-17(25-3)6-5-7-18(19)26-20/h5-7,9,11-12H,4,8,10H2,1-3H3. The van der Waals surface area contributed by atoms with Gasteiger partial charge in [0.05, 0.1) is 17.3 Å². The van der Waals surface area contributed by atoms with Crippen LogP contribution < -0.4 is 9.47 Å². The monoisotopic (exact) mass is 387 g/mol. The quantitative estimate of drug-likeness (QED) is 0.462. The van der Waals surface area contributed by atoms with Crippen molar-refractivity contribution in [2.24, 2.45) is 0 Å². The highest BCUT2D eigenvalue weighted by Crippen LogP contribution is 2.38. The van der Waals surface area contributed by atoms with E-state index in [1.165, 1.54) is 11.3 Å². The summed E-state index contributed by atoms with van der Waals surface area (Å²) in [5, 5.41) is 0.591. The molecule has 0 spiro atoms. The van der Waals surface area contributed by atoms with Gasteiger partial charge >= 0.3 is 0 Å². The van der Waals surface area contributed by atoms with Crippen LogP contribution in [0, 0.1) is 0 Å². The molecule has 0 saturated heterocycles. The highest BCUT2D eigenvalue weighted by molar-refractivity contribution is 7.98. The van der Waals surface area contributed by atoms with Crippen LogP contribution in [-0.2, 0) is 11.2 Å². The fourth-order valence-corrected chi connectivity index (χ4v) is 4.10. The number of Topliss-reactive ketones (excluding diaryl/α,β-unsaturated/α-hetero) is 1. The van der Waals surface area contributed by atoms with Gasteiger partial charge in [-0.1, -0.05) is 30.4 Å². The smallest absolute Gasteiger partial charge is 0.280 e. The molecule has 0 atom stereocenters. The van der Waals surface area contributed by atoms with Crippen molar-refractivity contribution in [3.05, 3.63) is 42.0 Å². The predicted molar refractivity (Wildman–Crippen MR) is 108 cm³/mol. The third-order valence-electron chi connectivity index (χ3n) is 4.09. The molecule has 0 saturated carbocycles. The van der Waals surface area contributed by atoms with E-state index in [4.69, 9.17) is 9.47 Å². The number of methoxy groups -OCH3 is 1. The van der Waals surface area contributed by atoms with Crippen molar-refractivity contribution in [1.29, 1.82) is 0 Å². The molecule has 3 rings (SSSR count). The number of aromatic nitrogens is 1. The average molecular weight is 388 g/mol. The summed E-state index contributed by atoms with van der Waals surface area (Å²) in [4.78, 5) is 17.3. The van der Waals surface area contributed by atoms with Crippen LogP contribution in [0.15, 0.2) is 41.3 Å². The Balaban J connectivity index is 1.82. The molecular formula is C20H21NO3S2. The van der Waals surface area contributed by atoms with Crippen LogP contribution in [0.3, 0.4) is 0 Å². The number of ketones is 1. The summed E-state index contributed by atoms with van der Waals surface area (Å²) in [6.07, 6.45) is 3.88. The SMILES string of the molecule is CCC(=O)CCc1ccc(Oc2nc3c(SC)cccc3s2)c(OC)c1. The molecule has 1 heterocycles. The van der Waals surface area contributed by atoms with Crippen molar-refractivity contribution >= 4 is 39.1 Å². The van der Waals surface area contributed by atoms with E-state index in [9.17, 15) is 4.79 Å². The summed E-state index contributed by atoms with van der Waals surface area (Å²) < 4.78 is 12.6. The van der Waals surface area contributed by atoms with Crippen molar-refractivity contribution in [1.82, 2.24) is 4.98 Å². The number of thioether (sulfide) groups is 1. The van der Waals surface area contributed by atoms with Crippen molar-refractivity contribution in [2.75, 3.05) is 13.4 Å². The van der Waals surface area contributed by atoms with Gasteiger partial charge in [0.2, 0.25) is 0 Å². The maximum Gasteiger partial charge on any atom is 0.280 e. The van der Waals surface area contributed by atoms with Crippen molar-refractivity contribution in [3.8, 4) is 16.7 Å². The highest BCUT2D eigenvalue weighted by Gasteiger charge is 2.13. The number of para-hydroxylation sites is 1. The third kappa shape index (κ3) is 4.19. The highest BCUT2D eigenvalue weighted by atomic mass is 32.2. The largest absolute Gasteiger partial charge is 0.493 e. The first-order chi connectivity index (χ1) is 12.6. The average Bonchev–Trinajstić information content (AvgIpc) is 3.09. The zero-order valence-electron chi connectivity index (χ0n) is 15.1. The van der Waals surface area contributed by atoms with E-state index >= 15 is 0 Å². The molecule has 3 aromatic rings. The van der Waals surface area contributed by atoms with Crippen LogP contribution in [-0.4, -0.2) is 24.1 Å². The number of fused-ring (bicyclic) bond motifs is 1. The summed E-state index contributed by atoms with van der Waals surface area (Å²) in [5.41, 5.74) is 2.03. The molecule has 136 valence electrons. The molecule has 4 nitrogen and oxygen atoms in total. The number of rotatable bonds is 8. The van der Waals surface area contributed by atoms with E-state index in [1.54, 1.807) is 18.9 Å². The molecule has 0 aliphatic heterocycles.